The number of hydrogen-bond donors (Lipinski definition) is 1. The molecule has 0 aliphatic heterocycles. The quantitative estimate of drug-likeness (QED) is 0.534. The molecule has 4 rings (SSSR count). The van der Waals surface area contributed by atoms with Crippen LogP contribution in [0, 0.1) is 18.3 Å². The highest BCUT2D eigenvalue weighted by Crippen LogP contribution is 2.34. The predicted octanol–water partition coefficient (Wildman–Crippen LogP) is 2.84. The van der Waals surface area contributed by atoms with Crippen molar-refractivity contribution in [3.63, 3.8) is 0 Å². The number of nitrogens with one attached hydrogen (secondary N) is 1. The first-order chi connectivity index (χ1) is 14.5. The summed E-state index contributed by atoms with van der Waals surface area (Å²) in [4.78, 5) is 25.1. The molecular formula is C22H18N4O4. The van der Waals surface area contributed by atoms with Crippen molar-refractivity contribution in [1.29, 1.82) is 5.26 Å². The van der Waals surface area contributed by atoms with E-state index in [0.29, 0.717) is 22.8 Å². The van der Waals surface area contributed by atoms with Crippen LogP contribution in [0.15, 0.2) is 70.6 Å². The van der Waals surface area contributed by atoms with Crippen LogP contribution in [0.2, 0.25) is 0 Å². The molecule has 3 heterocycles. The van der Waals surface area contributed by atoms with Gasteiger partial charge in [0.2, 0.25) is 0 Å². The average molecular weight is 402 g/mol. The maximum absolute atomic E-state index is 11.8. The number of aryl methyl sites for hydroxylation is 1. The van der Waals surface area contributed by atoms with Gasteiger partial charge in [-0.25, -0.2) is 4.79 Å². The first-order valence-electron chi connectivity index (χ1n) is 9.25. The molecule has 8 heteroatoms. The highest BCUT2D eigenvalue weighted by Gasteiger charge is 2.11. The van der Waals surface area contributed by atoms with Crippen molar-refractivity contribution in [3.05, 3.63) is 93.0 Å². The zero-order chi connectivity index (χ0) is 21.1. The van der Waals surface area contributed by atoms with E-state index < -0.39 is 11.2 Å². The van der Waals surface area contributed by atoms with Crippen LogP contribution in [0.1, 0.15) is 11.1 Å². The third-order valence-corrected chi connectivity index (χ3v) is 4.49. The van der Waals surface area contributed by atoms with Gasteiger partial charge in [-0.05, 0) is 36.8 Å². The predicted molar refractivity (Wildman–Crippen MR) is 110 cm³/mol. The molecule has 0 spiro atoms. The maximum Gasteiger partial charge on any atom is 0.328 e. The normalized spacial score (nSPS) is 10.7. The number of aromatic nitrogens is 3. The van der Waals surface area contributed by atoms with Gasteiger partial charge in [-0.15, -0.1) is 0 Å². The molecule has 8 nitrogen and oxygen atoms in total. The first-order valence-corrected chi connectivity index (χ1v) is 9.25. The lowest BCUT2D eigenvalue weighted by Gasteiger charge is -2.14. The third kappa shape index (κ3) is 3.95. The average Bonchev–Trinajstić information content (AvgIpc) is 3.14. The van der Waals surface area contributed by atoms with E-state index in [1.165, 1.54) is 16.8 Å². The molecule has 0 aliphatic rings. The van der Waals surface area contributed by atoms with Crippen LogP contribution in [-0.4, -0.2) is 20.6 Å². The highest BCUT2D eigenvalue weighted by molar-refractivity contribution is 5.66. The first kappa shape index (κ1) is 19.1. The number of H-pyrrole nitrogens is 1. The number of nitrogens with zero attached hydrogens (tertiary/aromatic N) is 3. The molecule has 0 radical (unpaired) electrons. The smallest absolute Gasteiger partial charge is 0.328 e. The molecule has 0 unspecified atom stereocenters. The van der Waals surface area contributed by atoms with Gasteiger partial charge in [0.15, 0.2) is 17.2 Å². The van der Waals surface area contributed by atoms with Crippen LogP contribution in [0.25, 0.3) is 5.52 Å². The summed E-state index contributed by atoms with van der Waals surface area (Å²) in [5, 5.41) is 9.19. The number of hydrogen-bond acceptors (Lipinski definition) is 5. The second-order valence-corrected chi connectivity index (χ2v) is 6.72. The Bertz CT molecular complexity index is 1370. The van der Waals surface area contributed by atoms with Crippen molar-refractivity contribution in [3.8, 4) is 23.3 Å². The van der Waals surface area contributed by atoms with Crippen LogP contribution in [-0.2, 0) is 6.54 Å². The Labute approximate surface area is 171 Å². The van der Waals surface area contributed by atoms with Gasteiger partial charge in [0.05, 0.1) is 17.6 Å². The summed E-state index contributed by atoms with van der Waals surface area (Å²) in [5.74, 6) is 1.63. The van der Waals surface area contributed by atoms with E-state index in [1.54, 1.807) is 24.4 Å². The lowest BCUT2D eigenvalue weighted by atomic mass is 10.2. The van der Waals surface area contributed by atoms with Crippen LogP contribution in [0.3, 0.4) is 0 Å². The van der Waals surface area contributed by atoms with E-state index in [4.69, 9.17) is 9.47 Å². The molecule has 1 N–H and O–H groups in total. The van der Waals surface area contributed by atoms with E-state index in [-0.39, 0.29) is 13.2 Å². The molecule has 30 heavy (non-hydrogen) atoms. The van der Waals surface area contributed by atoms with E-state index in [1.807, 2.05) is 35.7 Å². The number of nitriles is 1. The van der Waals surface area contributed by atoms with Crippen molar-refractivity contribution in [2.45, 2.75) is 13.5 Å². The summed E-state index contributed by atoms with van der Waals surface area (Å²) >= 11 is 0. The standard InChI is InChI=1S/C22H18N4O4/c1-15-10-20(17-11-16(12-23)14-26(17)13-15)30-19-5-3-2-4-18(19)29-9-8-25-7-6-21(27)24-22(25)28/h2-7,10-11,13-14H,8-9H2,1H3,(H,24,27,28). The van der Waals surface area contributed by atoms with Gasteiger partial charge in [0.25, 0.3) is 5.56 Å². The van der Waals surface area contributed by atoms with Gasteiger partial charge in [0.1, 0.15) is 12.7 Å². The Balaban J connectivity index is 1.56. The Morgan fingerprint density at radius 1 is 1.07 bits per heavy atom. The van der Waals surface area contributed by atoms with E-state index in [9.17, 15) is 14.9 Å². The molecular weight excluding hydrogens is 384 g/mol. The molecule has 0 amide bonds. The molecule has 0 aliphatic carbocycles. The van der Waals surface area contributed by atoms with Crippen molar-refractivity contribution in [1.82, 2.24) is 14.0 Å². The molecule has 1 aromatic carbocycles. The molecule has 0 saturated carbocycles. The van der Waals surface area contributed by atoms with Gasteiger partial charge in [-0.3, -0.25) is 14.3 Å². The number of ether oxygens (including phenoxy) is 2. The summed E-state index contributed by atoms with van der Waals surface area (Å²) < 4.78 is 15.2. The number of fused-ring (bicyclic) bond motifs is 1. The largest absolute Gasteiger partial charge is 0.488 e. The molecule has 3 aromatic heterocycles. The van der Waals surface area contributed by atoms with Crippen LogP contribution >= 0.6 is 0 Å². The summed E-state index contributed by atoms with van der Waals surface area (Å²) in [6.07, 6.45) is 5.10. The Hall–Kier alpha value is -4.25. The van der Waals surface area contributed by atoms with E-state index in [0.717, 1.165) is 11.1 Å². The van der Waals surface area contributed by atoms with Crippen molar-refractivity contribution >= 4 is 5.52 Å². The summed E-state index contributed by atoms with van der Waals surface area (Å²) in [6.45, 7) is 2.42. The molecule has 0 bridgehead atoms. The maximum atomic E-state index is 11.8. The second kappa shape index (κ2) is 8.01. The van der Waals surface area contributed by atoms with Gasteiger partial charge in [-0.2, -0.15) is 5.26 Å². The number of aromatic amines is 1. The number of para-hydroxylation sites is 2. The van der Waals surface area contributed by atoms with Gasteiger partial charge in [-0.1, -0.05) is 12.1 Å². The van der Waals surface area contributed by atoms with Crippen molar-refractivity contribution < 1.29 is 9.47 Å². The van der Waals surface area contributed by atoms with Crippen molar-refractivity contribution in [2.75, 3.05) is 6.61 Å². The van der Waals surface area contributed by atoms with Crippen LogP contribution in [0.4, 0.5) is 0 Å². The lowest BCUT2D eigenvalue weighted by Crippen LogP contribution is -2.30. The second-order valence-electron chi connectivity index (χ2n) is 6.72. The summed E-state index contributed by atoms with van der Waals surface area (Å²) in [5.41, 5.74) is 1.37. The zero-order valence-corrected chi connectivity index (χ0v) is 16.2. The highest BCUT2D eigenvalue weighted by atomic mass is 16.5. The molecule has 0 fully saturated rings. The molecule has 150 valence electrons. The summed E-state index contributed by atoms with van der Waals surface area (Å²) in [7, 11) is 0. The van der Waals surface area contributed by atoms with E-state index >= 15 is 0 Å². The van der Waals surface area contributed by atoms with Gasteiger partial charge >= 0.3 is 5.69 Å². The van der Waals surface area contributed by atoms with Gasteiger partial charge < -0.3 is 13.9 Å². The minimum Gasteiger partial charge on any atom is -0.488 e. The molecule has 0 atom stereocenters. The van der Waals surface area contributed by atoms with Gasteiger partial charge in [0, 0.05) is 24.7 Å². The molecule has 0 saturated heterocycles. The third-order valence-electron chi connectivity index (χ3n) is 4.49. The van der Waals surface area contributed by atoms with Crippen LogP contribution < -0.4 is 20.7 Å². The fourth-order valence-electron chi connectivity index (χ4n) is 3.11. The fraction of sp³-hybridized carbons (Fsp3) is 0.136. The SMILES string of the molecule is Cc1cc(Oc2ccccc2OCCn2ccc(=O)[nH]c2=O)c2cc(C#N)cn2c1. The number of rotatable bonds is 6. The topological polar surface area (TPSA) is 102 Å². The fourth-order valence-corrected chi connectivity index (χ4v) is 3.11. The summed E-state index contributed by atoms with van der Waals surface area (Å²) in [6, 6.07) is 14.3. The Kier molecular flexibility index (Phi) is 5.09. The van der Waals surface area contributed by atoms with E-state index in [2.05, 4.69) is 11.1 Å². The Morgan fingerprint density at radius 2 is 1.87 bits per heavy atom. The Morgan fingerprint density at radius 3 is 2.63 bits per heavy atom. The number of benzene rings is 1. The van der Waals surface area contributed by atoms with Crippen LogP contribution in [0.5, 0.6) is 17.2 Å². The zero-order valence-electron chi connectivity index (χ0n) is 16.2. The number of pyridine rings is 1. The molecule has 4 aromatic rings. The minimum atomic E-state index is -0.487. The lowest BCUT2D eigenvalue weighted by molar-refractivity contribution is 0.283. The monoisotopic (exact) mass is 402 g/mol. The van der Waals surface area contributed by atoms with Crippen molar-refractivity contribution in [2.24, 2.45) is 0 Å². The minimum absolute atomic E-state index is 0.208.